The van der Waals surface area contributed by atoms with Gasteiger partial charge < -0.3 is 14.2 Å². The van der Waals surface area contributed by atoms with Crippen molar-refractivity contribution in [2.24, 2.45) is 5.92 Å². The van der Waals surface area contributed by atoms with Crippen molar-refractivity contribution in [1.29, 1.82) is 0 Å². The van der Waals surface area contributed by atoms with Gasteiger partial charge >= 0.3 is 0 Å². The molecule has 0 saturated carbocycles. The molecule has 0 rings (SSSR count). The summed E-state index contributed by atoms with van der Waals surface area (Å²) in [5.41, 5.74) is 0. The third-order valence-corrected chi connectivity index (χ3v) is 9.26. The molecule has 0 saturated heterocycles. The monoisotopic (exact) mass is 304 g/mol. The predicted molar refractivity (Wildman–Crippen MR) is 89.3 cm³/mol. The highest BCUT2D eigenvalue weighted by Crippen LogP contribution is 2.30. The van der Waals surface area contributed by atoms with Crippen molar-refractivity contribution in [3.05, 3.63) is 0 Å². The van der Waals surface area contributed by atoms with Crippen LogP contribution in [0.3, 0.4) is 0 Å². The number of rotatable bonds is 14. The van der Waals surface area contributed by atoms with E-state index in [-0.39, 0.29) is 0 Å². The second-order valence-electron chi connectivity index (χ2n) is 5.94. The molecular formula is C16H36O3Si. The molecule has 0 atom stereocenters. The molecule has 122 valence electrons. The maximum absolute atomic E-state index is 5.64. The van der Waals surface area contributed by atoms with E-state index < -0.39 is 8.07 Å². The van der Waals surface area contributed by atoms with Crippen LogP contribution < -0.4 is 0 Å². The molecule has 0 bridgehead atoms. The normalized spacial score (nSPS) is 12.3. The summed E-state index contributed by atoms with van der Waals surface area (Å²) in [7, 11) is -1.35. The first kappa shape index (κ1) is 20.1. The highest BCUT2D eigenvalue weighted by atomic mass is 28.3. The van der Waals surface area contributed by atoms with Crippen molar-refractivity contribution in [3.8, 4) is 0 Å². The van der Waals surface area contributed by atoms with Crippen LogP contribution in [0.4, 0.5) is 0 Å². The largest absolute Gasteiger partial charge is 0.382 e. The summed E-state index contributed by atoms with van der Waals surface area (Å²) in [5.74, 6) is 0.756. The van der Waals surface area contributed by atoms with Gasteiger partial charge in [-0.2, -0.15) is 0 Å². The summed E-state index contributed by atoms with van der Waals surface area (Å²) < 4.78 is 16.9. The van der Waals surface area contributed by atoms with Gasteiger partial charge in [-0.25, -0.2) is 0 Å². The summed E-state index contributed by atoms with van der Waals surface area (Å²) in [4.78, 5) is 0. The van der Waals surface area contributed by atoms with Gasteiger partial charge in [0.05, 0.1) is 8.07 Å². The molecular weight excluding hydrogens is 268 g/mol. The van der Waals surface area contributed by atoms with Crippen molar-refractivity contribution in [2.45, 2.75) is 58.8 Å². The average molecular weight is 305 g/mol. The molecule has 0 aromatic heterocycles. The maximum atomic E-state index is 5.64. The second kappa shape index (κ2) is 12.8. The maximum Gasteiger partial charge on any atom is 0.0606 e. The van der Waals surface area contributed by atoms with E-state index in [9.17, 15) is 0 Å². The van der Waals surface area contributed by atoms with Gasteiger partial charge in [0.1, 0.15) is 0 Å². The van der Waals surface area contributed by atoms with Crippen molar-refractivity contribution in [2.75, 3.05) is 39.6 Å². The summed E-state index contributed by atoms with van der Waals surface area (Å²) in [5, 5.41) is 0. The van der Waals surface area contributed by atoms with E-state index in [2.05, 4.69) is 34.6 Å². The standard InChI is InChI=1S/C16H36O3Si/c1-6-17-9-12-20(15-16(4)5,13-10-18-7-2)14-11-19-8-3/h16H,6-15H2,1-5H3. The van der Waals surface area contributed by atoms with Gasteiger partial charge in [0.2, 0.25) is 0 Å². The van der Waals surface area contributed by atoms with Crippen LogP contribution in [0.5, 0.6) is 0 Å². The van der Waals surface area contributed by atoms with Gasteiger partial charge in [0.25, 0.3) is 0 Å². The highest BCUT2D eigenvalue weighted by molar-refractivity contribution is 6.80. The Morgan fingerprint density at radius 1 is 0.700 bits per heavy atom. The molecule has 0 fully saturated rings. The molecule has 0 aromatic carbocycles. The van der Waals surface area contributed by atoms with E-state index in [4.69, 9.17) is 14.2 Å². The minimum absolute atomic E-state index is 0.756. The minimum Gasteiger partial charge on any atom is -0.382 e. The summed E-state index contributed by atoms with van der Waals surface area (Å²) in [6, 6.07) is 5.11. The Labute approximate surface area is 127 Å². The van der Waals surface area contributed by atoms with Gasteiger partial charge in [0.15, 0.2) is 0 Å². The van der Waals surface area contributed by atoms with Crippen LogP contribution in [0.15, 0.2) is 0 Å². The number of hydrogen-bond donors (Lipinski definition) is 0. The lowest BCUT2D eigenvalue weighted by Crippen LogP contribution is -2.39. The Morgan fingerprint density at radius 2 is 1.05 bits per heavy atom. The predicted octanol–water partition coefficient (Wildman–Crippen LogP) is 4.20. The summed E-state index contributed by atoms with van der Waals surface area (Å²) in [6.07, 6.45) is 0. The molecule has 4 heteroatoms. The number of hydrogen-bond acceptors (Lipinski definition) is 3. The van der Waals surface area contributed by atoms with E-state index in [1.807, 2.05) is 0 Å². The number of ether oxygens (including phenoxy) is 3. The molecule has 20 heavy (non-hydrogen) atoms. The molecule has 0 N–H and O–H groups in total. The van der Waals surface area contributed by atoms with Crippen molar-refractivity contribution in [1.82, 2.24) is 0 Å². The molecule has 0 spiro atoms. The van der Waals surface area contributed by atoms with Crippen LogP contribution in [-0.4, -0.2) is 47.7 Å². The zero-order valence-electron chi connectivity index (χ0n) is 14.4. The smallest absolute Gasteiger partial charge is 0.0606 e. The third kappa shape index (κ3) is 9.92. The van der Waals surface area contributed by atoms with Crippen LogP contribution in [0.25, 0.3) is 0 Å². The van der Waals surface area contributed by atoms with E-state index in [1.165, 1.54) is 24.2 Å². The van der Waals surface area contributed by atoms with Gasteiger partial charge in [-0.05, 0) is 44.8 Å². The topological polar surface area (TPSA) is 27.7 Å². The van der Waals surface area contributed by atoms with Crippen molar-refractivity contribution >= 4 is 8.07 Å². The van der Waals surface area contributed by atoms with Crippen molar-refractivity contribution in [3.63, 3.8) is 0 Å². The van der Waals surface area contributed by atoms with E-state index >= 15 is 0 Å². The lowest BCUT2D eigenvalue weighted by atomic mass is 10.3. The van der Waals surface area contributed by atoms with Gasteiger partial charge in [-0.15, -0.1) is 0 Å². The Morgan fingerprint density at radius 3 is 1.30 bits per heavy atom. The Kier molecular flexibility index (Phi) is 12.9. The molecule has 0 heterocycles. The third-order valence-electron chi connectivity index (χ3n) is 3.78. The quantitative estimate of drug-likeness (QED) is 0.355. The van der Waals surface area contributed by atoms with Crippen LogP contribution in [0.2, 0.25) is 24.2 Å². The molecule has 0 amide bonds. The Balaban J connectivity index is 4.57. The summed E-state index contributed by atoms with van der Waals surface area (Å²) >= 11 is 0. The highest BCUT2D eigenvalue weighted by Gasteiger charge is 2.32. The second-order valence-corrected chi connectivity index (χ2v) is 10.8. The first-order chi connectivity index (χ1) is 9.60. The van der Waals surface area contributed by atoms with Gasteiger partial charge in [-0.3, -0.25) is 0 Å². The molecule has 0 aliphatic rings. The molecule has 0 aliphatic heterocycles. The fourth-order valence-electron chi connectivity index (χ4n) is 2.85. The molecule has 3 nitrogen and oxygen atoms in total. The lowest BCUT2D eigenvalue weighted by Gasteiger charge is -2.33. The first-order valence-corrected chi connectivity index (χ1v) is 11.2. The fraction of sp³-hybridized carbons (Fsp3) is 1.00. The van der Waals surface area contributed by atoms with E-state index in [0.717, 1.165) is 45.6 Å². The lowest BCUT2D eigenvalue weighted by molar-refractivity contribution is 0.149. The zero-order chi connectivity index (χ0) is 15.3. The average Bonchev–Trinajstić information content (AvgIpc) is 2.39. The molecule has 0 unspecified atom stereocenters. The summed E-state index contributed by atoms with van der Waals surface area (Å²) in [6.45, 7) is 16.1. The fourth-order valence-corrected chi connectivity index (χ4v) is 7.67. The Bertz CT molecular complexity index is 183. The van der Waals surface area contributed by atoms with Crippen molar-refractivity contribution < 1.29 is 14.2 Å². The van der Waals surface area contributed by atoms with E-state index in [0.29, 0.717) is 0 Å². The minimum atomic E-state index is -1.35. The molecule has 0 aliphatic carbocycles. The van der Waals surface area contributed by atoms with Crippen LogP contribution in [0.1, 0.15) is 34.6 Å². The van der Waals surface area contributed by atoms with Gasteiger partial charge in [0, 0.05) is 39.6 Å². The van der Waals surface area contributed by atoms with Gasteiger partial charge in [-0.1, -0.05) is 19.9 Å². The van der Waals surface area contributed by atoms with Crippen LogP contribution in [0, 0.1) is 5.92 Å². The van der Waals surface area contributed by atoms with Crippen LogP contribution in [-0.2, 0) is 14.2 Å². The first-order valence-electron chi connectivity index (χ1n) is 8.33. The van der Waals surface area contributed by atoms with Crippen LogP contribution >= 0.6 is 0 Å². The SMILES string of the molecule is CCOCC[Si](CCOCC)(CCOCC)CC(C)C. The zero-order valence-corrected chi connectivity index (χ0v) is 15.4. The molecule has 0 radical (unpaired) electrons. The van der Waals surface area contributed by atoms with E-state index in [1.54, 1.807) is 0 Å². The molecule has 0 aromatic rings. The Hall–Kier alpha value is 0.0969.